The van der Waals surface area contributed by atoms with Gasteiger partial charge in [-0.05, 0) is 44.7 Å². The molecule has 0 saturated heterocycles. The van der Waals surface area contributed by atoms with Crippen molar-refractivity contribution in [2.45, 2.75) is 38.7 Å². The molecule has 0 aromatic heterocycles. The van der Waals surface area contributed by atoms with Crippen LogP contribution in [0.5, 0.6) is 0 Å². The van der Waals surface area contributed by atoms with Crippen molar-refractivity contribution in [1.82, 2.24) is 5.32 Å². The molecule has 0 spiro atoms. The number of carbonyl (C=O) groups is 1. The van der Waals surface area contributed by atoms with Gasteiger partial charge in [0.1, 0.15) is 0 Å². The first kappa shape index (κ1) is 13.8. The van der Waals surface area contributed by atoms with Gasteiger partial charge in [0, 0.05) is 12.1 Å². The largest absolute Gasteiger partial charge is 0.388 e. The Balaban J connectivity index is 1.92. The number of nitrogens with one attached hydrogen (secondary N) is 1. The van der Waals surface area contributed by atoms with E-state index in [1.807, 2.05) is 37.3 Å². The van der Waals surface area contributed by atoms with E-state index in [1.165, 1.54) is 5.56 Å². The van der Waals surface area contributed by atoms with Crippen molar-refractivity contribution < 1.29 is 9.90 Å². The summed E-state index contributed by atoms with van der Waals surface area (Å²) < 4.78 is 0. The second-order valence-corrected chi connectivity index (χ2v) is 5.50. The highest BCUT2D eigenvalue weighted by molar-refractivity contribution is 5.97. The molecule has 0 aliphatic heterocycles. The van der Waals surface area contributed by atoms with Gasteiger partial charge in [0.05, 0.1) is 5.60 Å². The molecule has 0 bridgehead atoms. The second kappa shape index (κ2) is 5.57. The predicted molar refractivity (Wildman–Crippen MR) is 76.6 cm³/mol. The van der Waals surface area contributed by atoms with E-state index in [0.29, 0.717) is 12.1 Å². The minimum Gasteiger partial charge on any atom is -0.388 e. The van der Waals surface area contributed by atoms with Gasteiger partial charge in [-0.3, -0.25) is 4.79 Å². The Morgan fingerprint density at radius 3 is 2.53 bits per heavy atom. The van der Waals surface area contributed by atoms with Gasteiger partial charge in [0.2, 0.25) is 5.91 Å². The van der Waals surface area contributed by atoms with Crippen molar-refractivity contribution in [1.29, 1.82) is 0 Å². The molecule has 3 heteroatoms. The number of hydrogen-bond acceptors (Lipinski definition) is 2. The van der Waals surface area contributed by atoms with Gasteiger partial charge in [-0.1, -0.05) is 29.8 Å². The summed E-state index contributed by atoms with van der Waals surface area (Å²) >= 11 is 0. The molecule has 1 aliphatic rings. The summed E-state index contributed by atoms with van der Waals surface area (Å²) in [5.74, 6) is -0.110. The number of hydrogen-bond donors (Lipinski definition) is 2. The maximum atomic E-state index is 11.9. The molecule has 2 rings (SSSR count). The molecule has 1 saturated carbocycles. The smallest absolute Gasteiger partial charge is 0.247 e. The topological polar surface area (TPSA) is 49.3 Å². The van der Waals surface area contributed by atoms with Gasteiger partial charge < -0.3 is 10.4 Å². The number of aryl methyl sites for hydroxylation is 1. The molecule has 0 unspecified atom stereocenters. The van der Waals surface area contributed by atoms with Crippen LogP contribution >= 0.6 is 0 Å². The molecule has 3 nitrogen and oxygen atoms in total. The number of benzene rings is 1. The lowest BCUT2D eigenvalue weighted by Gasteiger charge is -2.36. The van der Waals surface area contributed by atoms with Crippen molar-refractivity contribution in [3.63, 3.8) is 0 Å². The van der Waals surface area contributed by atoms with Gasteiger partial charge in [-0.15, -0.1) is 0 Å². The van der Waals surface area contributed by atoms with Gasteiger partial charge in [0.15, 0.2) is 0 Å². The van der Waals surface area contributed by atoms with Crippen molar-refractivity contribution in [3.8, 4) is 0 Å². The van der Waals surface area contributed by atoms with Crippen molar-refractivity contribution in [3.05, 3.63) is 41.0 Å². The van der Waals surface area contributed by atoms with Gasteiger partial charge in [0.25, 0.3) is 0 Å². The number of carbonyl (C=O) groups excluding carboxylic acids is 1. The Kier molecular flexibility index (Phi) is 4.05. The Morgan fingerprint density at radius 1 is 1.37 bits per heavy atom. The van der Waals surface area contributed by atoms with Crippen LogP contribution in [0.15, 0.2) is 29.8 Å². The van der Waals surface area contributed by atoms with Crippen LogP contribution in [-0.2, 0) is 4.79 Å². The summed E-state index contributed by atoms with van der Waals surface area (Å²) in [6.07, 6.45) is 4.48. The molecule has 0 heterocycles. The molecule has 1 fully saturated rings. The highest BCUT2D eigenvalue weighted by atomic mass is 16.3. The average Bonchev–Trinajstić information content (AvgIpc) is 2.36. The predicted octanol–water partition coefficient (Wildman–Crippen LogP) is 2.43. The standard InChI is InChI=1S/C16H21NO2/c1-12-4-6-14(7-5-12)10-13(2)15(18)17-11-16(19)8-3-9-16/h4-7,10,19H,3,8-9,11H2,1-2H3,(H,17,18)/b13-10-. The maximum Gasteiger partial charge on any atom is 0.247 e. The summed E-state index contributed by atoms with van der Waals surface area (Å²) in [5.41, 5.74) is 2.21. The Morgan fingerprint density at radius 2 is 2.00 bits per heavy atom. The Hall–Kier alpha value is -1.61. The maximum absolute atomic E-state index is 11.9. The van der Waals surface area contributed by atoms with Crippen molar-refractivity contribution in [2.75, 3.05) is 6.54 Å². The molecular weight excluding hydrogens is 238 g/mol. The van der Waals surface area contributed by atoms with E-state index in [-0.39, 0.29) is 5.91 Å². The molecule has 1 amide bonds. The number of amides is 1. The Bertz CT molecular complexity index is 484. The van der Waals surface area contributed by atoms with Crippen LogP contribution < -0.4 is 5.32 Å². The first-order valence-electron chi connectivity index (χ1n) is 6.74. The molecule has 0 radical (unpaired) electrons. The van der Waals surface area contributed by atoms with Gasteiger partial charge in [-0.2, -0.15) is 0 Å². The van der Waals surface area contributed by atoms with Crippen LogP contribution in [-0.4, -0.2) is 23.2 Å². The monoisotopic (exact) mass is 259 g/mol. The molecule has 1 aliphatic carbocycles. The van der Waals surface area contributed by atoms with Crippen LogP contribution in [0.3, 0.4) is 0 Å². The normalized spacial score (nSPS) is 17.7. The third-order valence-corrected chi connectivity index (χ3v) is 3.68. The van der Waals surface area contributed by atoms with E-state index < -0.39 is 5.60 Å². The lowest BCUT2D eigenvalue weighted by atomic mass is 9.80. The number of rotatable bonds is 4. The van der Waals surface area contributed by atoms with Crippen LogP contribution in [0.4, 0.5) is 0 Å². The van der Waals surface area contributed by atoms with E-state index in [0.717, 1.165) is 24.8 Å². The molecule has 1 aromatic rings. The SMILES string of the molecule is C/C(=C/c1ccc(C)cc1)C(=O)NCC1(O)CCC1. The Labute approximate surface area is 114 Å². The van der Waals surface area contributed by atoms with E-state index in [1.54, 1.807) is 6.92 Å². The minimum atomic E-state index is -0.667. The van der Waals surface area contributed by atoms with Gasteiger partial charge in [-0.25, -0.2) is 0 Å². The molecule has 1 aromatic carbocycles. The third kappa shape index (κ3) is 3.67. The lowest BCUT2D eigenvalue weighted by Crippen LogP contribution is -2.47. The second-order valence-electron chi connectivity index (χ2n) is 5.50. The summed E-state index contributed by atoms with van der Waals surface area (Å²) in [5, 5.41) is 12.7. The van der Waals surface area contributed by atoms with Crippen LogP contribution in [0.25, 0.3) is 6.08 Å². The van der Waals surface area contributed by atoms with Crippen LogP contribution in [0.1, 0.15) is 37.3 Å². The fourth-order valence-corrected chi connectivity index (χ4v) is 2.12. The van der Waals surface area contributed by atoms with Crippen molar-refractivity contribution >= 4 is 12.0 Å². The lowest BCUT2D eigenvalue weighted by molar-refractivity contribution is -0.119. The molecular formula is C16H21NO2. The summed E-state index contributed by atoms with van der Waals surface area (Å²) in [4.78, 5) is 11.9. The number of aliphatic hydroxyl groups is 1. The van der Waals surface area contributed by atoms with E-state index in [4.69, 9.17) is 0 Å². The fraction of sp³-hybridized carbons (Fsp3) is 0.438. The fourth-order valence-electron chi connectivity index (χ4n) is 2.12. The van der Waals surface area contributed by atoms with E-state index in [2.05, 4.69) is 5.32 Å². The third-order valence-electron chi connectivity index (χ3n) is 3.68. The highest BCUT2D eigenvalue weighted by Crippen LogP contribution is 2.30. The summed E-state index contributed by atoms with van der Waals surface area (Å²) in [6, 6.07) is 8.03. The molecule has 0 atom stereocenters. The minimum absolute atomic E-state index is 0.110. The van der Waals surface area contributed by atoms with E-state index in [9.17, 15) is 9.90 Å². The van der Waals surface area contributed by atoms with Crippen molar-refractivity contribution in [2.24, 2.45) is 0 Å². The quantitative estimate of drug-likeness (QED) is 0.816. The van der Waals surface area contributed by atoms with Crippen LogP contribution in [0.2, 0.25) is 0 Å². The first-order chi connectivity index (χ1) is 8.98. The zero-order chi connectivity index (χ0) is 13.9. The zero-order valence-electron chi connectivity index (χ0n) is 11.6. The molecule has 19 heavy (non-hydrogen) atoms. The molecule has 102 valence electrons. The molecule has 2 N–H and O–H groups in total. The van der Waals surface area contributed by atoms with Crippen LogP contribution in [0, 0.1) is 6.92 Å². The van der Waals surface area contributed by atoms with Gasteiger partial charge >= 0.3 is 0 Å². The average molecular weight is 259 g/mol. The summed E-state index contributed by atoms with van der Waals surface area (Å²) in [6.45, 7) is 4.18. The highest BCUT2D eigenvalue weighted by Gasteiger charge is 2.34. The summed E-state index contributed by atoms with van der Waals surface area (Å²) in [7, 11) is 0. The first-order valence-corrected chi connectivity index (χ1v) is 6.74. The zero-order valence-corrected chi connectivity index (χ0v) is 11.6. The van der Waals surface area contributed by atoms with E-state index >= 15 is 0 Å².